The van der Waals surface area contributed by atoms with Gasteiger partial charge in [0.1, 0.15) is 6.61 Å². The molecule has 17 heavy (non-hydrogen) atoms. The van der Waals surface area contributed by atoms with E-state index in [1.54, 1.807) is 6.20 Å². The van der Waals surface area contributed by atoms with Gasteiger partial charge in [0, 0.05) is 11.9 Å². The standard InChI is InChI=1S/C11H14N4O2/c12-4-5-17-7-11(16)14-9-2-1-3-10-8(9)6-13-15-10/h1-3,6H,4-5,7,12H2,(H,13,15)(H,14,16). The van der Waals surface area contributed by atoms with Crippen LogP contribution in [0, 0.1) is 0 Å². The van der Waals surface area contributed by atoms with Crippen molar-refractivity contribution in [1.29, 1.82) is 0 Å². The molecule has 0 atom stereocenters. The Bertz CT molecular complexity index is 509. The van der Waals surface area contributed by atoms with E-state index in [1.807, 2.05) is 18.2 Å². The molecule has 1 aromatic carbocycles. The zero-order valence-corrected chi connectivity index (χ0v) is 9.27. The molecular weight excluding hydrogens is 220 g/mol. The van der Waals surface area contributed by atoms with E-state index in [1.165, 1.54) is 0 Å². The number of ether oxygens (including phenoxy) is 1. The van der Waals surface area contributed by atoms with Crippen molar-refractivity contribution in [3.05, 3.63) is 24.4 Å². The van der Waals surface area contributed by atoms with Gasteiger partial charge in [-0.1, -0.05) is 6.07 Å². The number of nitrogens with zero attached hydrogens (tertiary/aromatic N) is 1. The van der Waals surface area contributed by atoms with Crippen LogP contribution in [0.4, 0.5) is 5.69 Å². The number of nitrogens with one attached hydrogen (secondary N) is 2. The zero-order valence-electron chi connectivity index (χ0n) is 9.27. The number of aromatic amines is 1. The first-order chi connectivity index (χ1) is 8.31. The van der Waals surface area contributed by atoms with Crippen molar-refractivity contribution in [3.63, 3.8) is 0 Å². The number of hydrogen-bond donors (Lipinski definition) is 3. The summed E-state index contributed by atoms with van der Waals surface area (Å²) in [5, 5.41) is 10.4. The lowest BCUT2D eigenvalue weighted by atomic mass is 10.2. The maximum Gasteiger partial charge on any atom is 0.250 e. The molecule has 2 aromatic rings. The van der Waals surface area contributed by atoms with Crippen LogP contribution < -0.4 is 11.1 Å². The quantitative estimate of drug-likeness (QED) is 0.656. The largest absolute Gasteiger partial charge is 0.370 e. The molecule has 2 rings (SSSR count). The highest BCUT2D eigenvalue weighted by molar-refractivity contribution is 6.01. The molecular formula is C11H14N4O2. The summed E-state index contributed by atoms with van der Waals surface area (Å²) in [7, 11) is 0. The number of benzene rings is 1. The summed E-state index contributed by atoms with van der Waals surface area (Å²) in [5.74, 6) is -0.202. The first kappa shape index (κ1) is 11.6. The minimum atomic E-state index is -0.202. The fourth-order valence-corrected chi connectivity index (χ4v) is 1.51. The molecule has 0 saturated carbocycles. The molecule has 6 nitrogen and oxygen atoms in total. The lowest BCUT2D eigenvalue weighted by molar-refractivity contribution is -0.120. The van der Waals surface area contributed by atoms with Crippen LogP contribution in [-0.4, -0.2) is 35.9 Å². The second-order valence-corrected chi connectivity index (χ2v) is 3.53. The van der Waals surface area contributed by atoms with E-state index in [9.17, 15) is 4.79 Å². The number of carbonyl (C=O) groups is 1. The maximum atomic E-state index is 11.5. The monoisotopic (exact) mass is 234 g/mol. The molecule has 0 aliphatic heterocycles. The van der Waals surface area contributed by atoms with Crippen molar-refractivity contribution in [2.24, 2.45) is 5.73 Å². The molecule has 1 amide bonds. The number of H-pyrrole nitrogens is 1. The third-order valence-corrected chi connectivity index (χ3v) is 2.25. The van der Waals surface area contributed by atoms with Gasteiger partial charge < -0.3 is 15.8 Å². The van der Waals surface area contributed by atoms with Gasteiger partial charge in [0.2, 0.25) is 5.91 Å². The van der Waals surface area contributed by atoms with Gasteiger partial charge in [0.05, 0.1) is 24.0 Å². The Kier molecular flexibility index (Phi) is 3.69. The first-order valence-electron chi connectivity index (χ1n) is 5.31. The molecule has 0 aliphatic carbocycles. The number of rotatable bonds is 5. The number of hydrogen-bond acceptors (Lipinski definition) is 4. The average molecular weight is 234 g/mol. The van der Waals surface area contributed by atoms with Gasteiger partial charge in [-0.15, -0.1) is 0 Å². The van der Waals surface area contributed by atoms with Crippen LogP contribution in [0.3, 0.4) is 0 Å². The first-order valence-corrected chi connectivity index (χ1v) is 5.31. The van der Waals surface area contributed by atoms with Crippen LogP contribution in [0.25, 0.3) is 10.9 Å². The van der Waals surface area contributed by atoms with Crippen molar-refractivity contribution in [2.45, 2.75) is 0 Å². The topological polar surface area (TPSA) is 93.0 Å². The van der Waals surface area contributed by atoms with E-state index in [-0.39, 0.29) is 12.5 Å². The van der Waals surface area contributed by atoms with Crippen molar-refractivity contribution < 1.29 is 9.53 Å². The Balaban J connectivity index is 2.03. The second-order valence-electron chi connectivity index (χ2n) is 3.53. The summed E-state index contributed by atoms with van der Waals surface area (Å²) in [5.41, 5.74) is 6.86. The van der Waals surface area contributed by atoms with Crippen LogP contribution >= 0.6 is 0 Å². The molecule has 0 radical (unpaired) electrons. The normalized spacial score (nSPS) is 10.6. The Morgan fingerprint density at radius 3 is 3.24 bits per heavy atom. The Hall–Kier alpha value is -1.92. The molecule has 0 fully saturated rings. The fourth-order valence-electron chi connectivity index (χ4n) is 1.51. The van der Waals surface area contributed by atoms with Gasteiger partial charge >= 0.3 is 0 Å². The molecule has 1 aromatic heterocycles. The van der Waals surface area contributed by atoms with Crippen LogP contribution in [-0.2, 0) is 9.53 Å². The molecule has 90 valence electrons. The van der Waals surface area contributed by atoms with Gasteiger partial charge in [-0.05, 0) is 12.1 Å². The second kappa shape index (κ2) is 5.42. The zero-order chi connectivity index (χ0) is 12.1. The molecule has 0 spiro atoms. The van der Waals surface area contributed by atoms with Crippen molar-refractivity contribution in [1.82, 2.24) is 10.2 Å². The highest BCUT2D eigenvalue weighted by Gasteiger charge is 2.06. The van der Waals surface area contributed by atoms with E-state index in [0.717, 1.165) is 16.6 Å². The SMILES string of the molecule is NCCOCC(=O)Nc1cccc2[nH]ncc12. The number of anilines is 1. The van der Waals surface area contributed by atoms with Gasteiger partial charge in [-0.2, -0.15) is 5.10 Å². The number of aromatic nitrogens is 2. The van der Waals surface area contributed by atoms with E-state index in [0.29, 0.717) is 13.2 Å². The lowest BCUT2D eigenvalue weighted by Crippen LogP contribution is -2.20. The van der Waals surface area contributed by atoms with Crippen LogP contribution in [0.15, 0.2) is 24.4 Å². The summed E-state index contributed by atoms with van der Waals surface area (Å²) in [4.78, 5) is 11.5. The minimum absolute atomic E-state index is 0.00540. The van der Waals surface area contributed by atoms with E-state index >= 15 is 0 Å². The van der Waals surface area contributed by atoms with Gasteiger partial charge in [-0.25, -0.2) is 0 Å². The Morgan fingerprint density at radius 1 is 1.53 bits per heavy atom. The van der Waals surface area contributed by atoms with Crippen LogP contribution in [0.5, 0.6) is 0 Å². The summed E-state index contributed by atoms with van der Waals surface area (Å²) >= 11 is 0. The molecule has 0 aliphatic rings. The predicted molar refractivity (Wildman–Crippen MR) is 64.6 cm³/mol. The average Bonchev–Trinajstić information content (AvgIpc) is 2.78. The summed E-state index contributed by atoms with van der Waals surface area (Å²) in [6, 6.07) is 5.55. The maximum absolute atomic E-state index is 11.5. The molecule has 6 heteroatoms. The highest BCUT2D eigenvalue weighted by atomic mass is 16.5. The molecule has 1 heterocycles. The van der Waals surface area contributed by atoms with Gasteiger partial charge in [0.15, 0.2) is 0 Å². The third kappa shape index (κ3) is 2.80. The van der Waals surface area contributed by atoms with E-state index < -0.39 is 0 Å². The van der Waals surface area contributed by atoms with E-state index in [4.69, 9.17) is 10.5 Å². The van der Waals surface area contributed by atoms with Gasteiger partial charge in [0.25, 0.3) is 0 Å². The van der Waals surface area contributed by atoms with Crippen LogP contribution in [0.2, 0.25) is 0 Å². The highest BCUT2D eigenvalue weighted by Crippen LogP contribution is 2.20. The third-order valence-electron chi connectivity index (χ3n) is 2.25. The van der Waals surface area contributed by atoms with Crippen molar-refractivity contribution in [3.8, 4) is 0 Å². The summed E-state index contributed by atoms with van der Waals surface area (Å²) in [6.07, 6.45) is 1.67. The molecule has 0 bridgehead atoms. The Labute approximate surface area is 98.1 Å². The van der Waals surface area contributed by atoms with Crippen molar-refractivity contribution in [2.75, 3.05) is 25.1 Å². The van der Waals surface area contributed by atoms with E-state index in [2.05, 4.69) is 15.5 Å². The summed E-state index contributed by atoms with van der Waals surface area (Å²) in [6.45, 7) is 0.791. The smallest absolute Gasteiger partial charge is 0.250 e. The number of carbonyl (C=O) groups excluding carboxylic acids is 1. The molecule has 0 unspecified atom stereocenters. The number of amides is 1. The Morgan fingerprint density at radius 2 is 2.41 bits per heavy atom. The number of nitrogens with two attached hydrogens (primary N) is 1. The molecule has 0 saturated heterocycles. The number of fused-ring (bicyclic) bond motifs is 1. The lowest BCUT2D eigenvalue weighted by Gasteiger charge is -2.06. The van der Waals surface area contributed by atoms with Crippen LogP contribution in [0.1, 0.15) is 0 Å². The van der Waals surface area contributed by atoms with Crippen molar-refractivity contribution >= 4 is 22.5 Å². The predicted octanol–water partition coefficient (Wildman–Crippen LogP) is 0.477. The fraction of sp³-hybridized carbons (Fsp3) is 0.273. The summed E-state index contributed by atoms with van der Waals surface area (Å²) < 4.78 is 5.05. The molecule has 4 N–H and O–H groups in total. The minimum Gasteiger partial charge on any atom is -0.370 e. The van der Waals surface area contributed by atoms with Gasteiger partial charge in [-0.3, -0.25) is 9.89 Å².